The number of ether oxygens (including phenoxy) is 2. The number of aliphatic carboxylic acids is 1. The number of amides is 1. The van der Waals surface area contributed by atoms with Crippen LogP contribution in [0.5, 0.6) is 0 Å². The van der Waals surface area contributed by atoms with E-state index in [-0.39, 0.29) is 31.4 Å². The van der Waals surface area contributed by atoms with Crippen LogP contribution < -0.4 is 22.5 Å². The zero-order valence-electron chi connectivity index (χ0n) is 14.3. The van der Waals surface area contributed by atoms with Crippen molar-refractivity contribution < 1.29 is 29.0 Å². The Morgan fingerprint density at radius 2 is 2.04 bits per heavy atom. The molecule has 148 valence electrons. The van der Waals surface area contributed by atoms with Gasteiger partial charge < -0.3 is 42.0 Å². The van der Waals surface area contributed by atoms with Gasteiger partial charge in [0.2, 0.25) is 0 Å². The fourth-order valence-corrected chi connectivity index (χ4v) is 3.75. The number of hydrogen-bond donors (Lipinski definition) is 5. The standard InChI is InChI=1S/C14H21N7O6/c15-11-19-10-6(5-26-13(17)25)18-12(16)21-4-3-7(14(10,21)20-11)27-9(24)2-1-8(22)23/h6-7,10H,1-5H2,(H2,16,18)(H2,17,25)(H,22,23)(H3,15,19,20)/t6-,7+,10-,14?/m0/s1. The molecule has 0 aromatic rings. The van der Waals surface area contributed by atoms with E-state index in [9.17, 15) is 14.4 Å². The molecule has 0 bridgehead atoms. The molecule has 27 heavy (non-hydrogen) atoms. The lowest BCUT2D eigenvalue weighted by Crippen LogP contribution is -2.73. The molecule has 1 amide bonds. The zero-order chi connectivity index (χ0) is 19.8. The molecule has 3 rings (SSSR count). The summed E-state index contributed by atoms with van der Waals surface area (Å²) in [6, 6.07) is -1.33. The summed E-state index contributed by atoms with van der Waals surface area (Å²) in [5, 5.41) is 11.7. The van der Waals surface area contributed by atoms with Gasteiger partial charge in [-0.25, -0.2) is 14.8 Å². The predicted molar refractivity (Wildman–Crippen MR) is 90.3 cm³/mol. The summed E-state index contributed by atoms with van der Waals surface area (Å²) in [5.74, 6) is -1.49. The molecule has 0 radical (unpaired) electrons. The highest BCUT2D eigenvalue weighted by molar-refractivity contribution is 5.87. The number of nitrogens with zero attached hydrogens (tertiary/aromatic N) is 3. The number of carbonyl (C=O) groups excluding carboxylic acids is 2. The molecule has 0 saturated carbocycles. The first-order valence-corrected chi connectivity index (χ1v) is 8.30. The number of carbonyl (C=O) groups is 3. The number of primary amides is 1. The number of nitrogens with two attached hydrogens (primary N) is 3. The van der Waals surface area contributed by atoms with Crippen LogP contribution >= 0.6 is 0 Å². The number of nitrogens with one attached hydrogen (secondary N) is 1. The first kappa shape index (κ1) is 18.5. The molecule has 13 nitrogen and oxygen atoms in total. The Morgan fingerprint density at radius 3 is 2.70 bits per heavy atom. The Bertz CT molecular complexity index is 725. The maximum Gasteiger partial charge on any atom is 0.404 e. The molecule has 1 fully saturated rings. The van der Waals surface area contributed by atoms with Gasteiger partial charge in [-0.3, -0.25) is 9.59 Å². The number of carboxylic acids is 1. The second-order valence-electron chi connectivity index (χ2n) is 6.41. The first-order chi connectivity index (χ1) is 12.7. The Balaban J connectivity index is 1.84. The molecule has 0 aromatic carbocycles. The van der Waals surface area contributed by atoms with E-state index < -0.39 is 41.9 Å². The molecule has 1 saturated heterocycles. The fourth-order valence-electron chi connectivity index (χ4n) is 3.75. The SMILES string of the molecule is NC(=O)OC[C@@H]1N=C(N)N2CC[C@@H](OC(=O)CCC(=O)O)C23NC(N)=N[C@@H]13. The largest absolute Gasteiger partial charge is 0.481 e. The third kappa shape index (κ3) is 3.27. The lowest BCUT2D eigenvalue weighted by molar-refractivity contribution is -0.156. The van der Waals surface area contributed by atoms with Crippen LogP contribution in [0.2, 0.25) is 0 Å². The normalized spacial score (nSPS) is 31.1. The van der Waals surface area contributed by atoms with Gasteiger partial charge in [0.05, 0.1) is 12.8 Å². The van der Waals surface area contributed by atoms with Gasteiger partial charge in [0.1, 0.15) is 24.8 Å². The van der Waals surface area contributed by atoms with Crippen molar-refractivity contribution in [2.75, 3.05) is 13.2 Å². The van der Waals surface area contributed by atoms with Crippen molar-refractivity contribution in [3.8, 4) is 0 Å². The van der Waals surface area contributed by atoms with Gasteiger partial charge in [0.25, 0.3) is 0 Å². The van der Waals surface area contributed by atoms with Crippen molar-refractivity contribution >= 4 is 30.0 Å². The number of esters is 1. The molecule has 0 aromatic heterocycles. The van der Waals surface area contributed by atoms with Crippen LogP contribution in [0.15, 0.2) is 9.98 Å². The minimum Gasteiger partial charge on any atom is -0.481 e. The molecular formula is C14H21N7O6. The maximum absolute atomic E-state index is 12.1. The number of carboxylic acid groups (broad SMARTS) is 1. The molecular weight excluding hydrogens is 362 g/mol. The smallest absolute Gasteiger partial charge is 0.404 e. The van der Waals surface area contributed by atoms with E-state index in [1.165, 1.54) is 0 Å². The molecule has 0 aliphatic carbocycles. The van der Waals surface area contributed by atoms with Gasteiger partial charge in [0.15, 0.2) is 17.6 Å². The van der Waals surface area contributed by atoms with Crippen molar-refractivity contribution in [3.05, 3.63) is 0 Å². The highest BCUT2D eigenvalue weighted by atomic mass is 16.6. The molecule has 1 unspecified atom stereocenters. The van der Waals surface area contributed by atoms with Crippen molar-refractivity contribution in [2.24, 2.45) is 27.2 Å². The summed E-state index contributed by atoms with van der Waals surface area (Å²) >= 11 is 0. The van der Waals surface area contributed by atoms with Crippen molar-refractivity contribution in [3.63, 3.8) is 0 Å². The highest BCUT2D eigenvalue weighted by Gasteiger charge is 2.64. The van der Waals surface area contributed by atoms with Crippen LogP contribution in [-0.4, -0.2) is 77.0 Å². The van der Waals surface area contributed by atoms with E-state index in [1.807, 2.05) is 0 Å². The van der Waals surface area contributed by atoms with Crippen LogP contribution in [0.25, 0.3) is 0 Å². The van der Waals surface area contributed by atoms with Gasteiger partial charge in [0, 0.05) is 13.0 Å². The van der Waals surface area contributed by atoms with Gasteiger partial charge in [-0.1, -0.05) is 0 Å². The van der Waals surface area contributed by atoms with Crippen molar-refractivity contribution in [2.45, 2.75) is 43.1 Å². The summed E-state index contributed by atoms with van der Waals surface area (Å²) in [7, 11) is 0. The Labute approximate surface area is 153 Å². The Morgan fingerprint density at radius 1 is 1.30 bits per heavy atom. The highest BCUT2D eigenvalue weighted by Crippen LogP contribution is 2.41. The molecule has 8 N–H and O–H groups in total. The lowest BCUT2D eigenvalue weighted by atomic mass is 9.89. The van der Waals surface area contributed by atoms with Crippen molar-refractivity contribution in [1.29, 1.82) is 0 Å². The Hall–Kier alpha value is -3.25. The topological polar surface area (TPSA) is 208 Å². The van der Waals surface area contributed by atoms with E-state index in [0.29, 0.717) is 13.0 Å². The van der Waals surface area contributed by atoms with Crippen LogP contribution in [0, 0.1) is 0 Å². The average Bonchev–Trinajstić information content (AvgIpc) is 3.11. The van der Waals surface area contributed by atoms with Crippen LogP contribution in [0.4, 0.5) is 4.79 Å². The third-order valence-electron chi connectivity index (χ3n) is 4.76. The van der Waals surface area contributed by atoms with Crippen LogP contribution in [-0.2, 0) is 19.1 Å². The molecule has 1 spiro atoms. The average molecular weight is 383 g/mol. The van der Waals surface area contributed by atoms with Crippen LogP contribution in [0.3, 0.4) is 0 Å². The summed E-state index contributed by atoms with van der Waals surface area (Å²) in [4.78, 5) is 44.0. The maximum atomic E-state index is 12.1. The van der Waals surface area contributed by atoms with Gasteiger partial charge in [-0.15, -0.1) is 0 Å². The van der Waals surface area contributed by atoms with Crippen molar-refractivity contribution in [1.82, 2.24) is 10.2 Å². The monoisotopic (exact) mass is 383 g/mol. The number of aliphatic imine (C=N–C) groups is 2. The van der Waals surface area contributed by atoms with Gasteiger partial charge in [-0.05, 0) is 0 Å². The third-order valence-corrected chi connectivity index (χ3v) is 4.76. The van der Waals surface area contributed by atoms with Gasteiger partial charge in [-0.2, -0.15) is 0 Å². The van der Waals surface area contributed by atoms with Crippen LogP contribution in [0.1, 0.15) is 19.3 Å². The second-order valence-corrected chi connectivity index (χ2v) is 6.41. The summed E-state index contributed by atoms with van der Waals surface area (Å²) in [6.45, 7) is 0.246. The molecule has 13 heteroatoms. The molecule has 3 heterocycles. The van der Waals surface area contributed by atoms with E-state index in [2.05, 4.69) is 15.3 Å². The second kappa shape index (κ2) is 6.81. The molecule has 4 atom stereocenters. The predicted octanol–water partition coefficient (Wildman–Crippen LogP) is -2.76. The quantitative estimate of drug-likeness (QED) is 0.298. The minimum atomic E-state index is -1.10. The fraction of sp³-hybridized carbons (Fsp3) is 0.643. The summed E-state index contributed by atoms with van der Waals surface area (Å²) < 4.78 is 10.4. The number of guanidine groups is 2. The molecule has 3 aliphatic rings. The summed E-state index contributed by atoms with van der Waals surface area (Å²) in [5.41, 5.74) is 15.9. The minimum absolute atomic E-state index is 0.104. The van der Waals surface area contributed by atoms with E-state index in [0.717, 1.165) is 0 Å². The Kier molecular flexibility index (Phi) is 4.68. The number of hydrogen-bond acceptors (Lipinski definition) is 11. The van der Waals surface area contributed by atoms with E-state index in [1.54, 1.807) is 4.90 Å². The molecule has 3 aliphatic heterocycles. The van der Waals surface area contributed by atoms with E-state index >= 15 is 0 Å². The van der Waals surface area contributed by atoms with E-state index in [4.69, 9.17) is 31.8 Å². The van der Waals surface area contributed by atoms with Gasteiger partial charge >= 0.3 is 18.0 Å². The summed E-state index contributed by atoms with van der Waals surface area (Å²) in [6.07, 6.45) is -1.87. The lowest BCUT2D eigenvalue weighted by Gasteiger charge is -2.46. The number of rotatable bonds is 6. The first-order valence-electron chi connectivity index (χ1n) is 8.30. The zero-order valence-corrected chi connectivity index (χ0v) is 14.3.